The number of alkyl halides is 2. The van der Waals surface area contributed by atoms with Gasteiger partial charge in [-0.1, -0.05) is 12.1 Å². The molecule has 0 unspecified atom stereocenters. The number of hydrogen-bond donors (Lipinski definition) is 1. The molecule has 0 radical (unpaired) electrons. The summed E-state index contributed by atoms with van der Waals surface area (Å²) in [6.45, 7) is -3.04. The van der Waals surface area contributed by atoms with Crippen LogP contribution in [0.15, 0.2) is 24.3 Å². The number of nitrogen functional groups attached to an aromatic ring is 1. The number of rotatable bonds is 4. The molecule has 0 spiro atoms. The minimum atomic E-state index is -3.04. The number of aryl methyl sites for hydroxylation is 1. The average Bonchev–Trinajstić information content (AvgIpc) is 2.14. The number of esters is 1. The number of anilines is 1. The van der Waals surface area contributed by atoms with Gasteiger partial charge in [0.25, 0.3) is 0 Å². The zero-order valence-corrected chi connectivity index (χ0v) is 7.95. The minimum Gasteiger partial charge on any atom is -0.403 e. The van der Waals surface area contributed by atoms with E-state index in [9.17, 15) is 13.6 Å². The first kappa shape index (κ1) is 11.4. The molecule has 2 N–H and O–H groups in total. The maximum atomic E-state index is 11.6. The Balaban J connectivity index is 2.40. The molecule has 0 aliphatic heterocycles. The summed E-state index contributed by atoms with van der Waals surface area (Å²) in [6.07, 6.45) is 0.268. The lowest BCUT2D eigenvalue weighted by molar-refractivity contribution is -0.176. The third-order valence-electron chi connectivity index (χ3n) is 1.79. The van der Waals surface area contributed by atoms with Crippen LogP contribution in [0.5, 0.6) is 0 Å². The molecule has 15 heavy (non-hydrogen) atoms. The Morgan fingerprint density at radius 1 is 1.47 bits per heavy atom. The van der Waals surface area contributed by atoms with E-state index in [2.05, 4.69) is 4.74 Å². The van der Waals surface area contributed by atoms with Gasteiger partial charge in [0.1, 0.15) is 0 Å². The van der Waals surface area contributed by atoms with E-state index >= 15 is 0 Å². The van der Waals surface area contributed by atoms with Crippen molar-refractivity contribution in [2.45, 2.75) is 19.5 Å². The van der Waals surface area contributed by atoms with Crippen LogP contribution in [0.4, 0.5) is 14.5 Å². The summed E-state index contributed by atoms with van der Waals surface area (Å²) >= 11 is 0. The van der Waals surface area contributed by atoms with Crippen LogP contribution >= 0.6 is 0 Å². The second kappa shape index (κ2) is 5.29. The summed E-state index contributed by atoms with van der Waals surface area (Å²) in [5, 5.41) is 0. The van der Waals surface area contributed by atoms with Gasteiger partial charge in [-0.3, -0.25) is 4.79 Å². The van der Waals surface area contributed by atoms with E-state index in [1.807, 2.05) is 0 Å². The average molecular weight is 215 g/mol. The van der Waals surface area contributed by atoms with Gasteiger partial charge in [-0.2, -0.15) is 8.78 Å². The van der Waals surface area contributed by atoms with Gasteiger partial charge in [-0.05, 0) is 24.1 Å². The van der Waals surface area contributed by atoms with Crippen LogP contribution in [-0.4, -0.2) is 12.6 Å². The molecule has 1 rings (SSSR count). The standard InChI is InChI=1S/C10H11F2NO2/c11-10(12)15-9(14)5-4-7-2-1-3-8(13)6-7/h1-3,6,10H,4-5,13H2. The molecule has 0 bridgehead atoms. The van der Waals surface area contributed by atoms with Crippen LogP contribution in [-0.2, 0) is 16.0 Å². The van der Waals surface area contributed by atoms with Gasteiger partial charge in [-0.15, -0.1) is 0 Å². The van der Waals surface area contributed by atoms with Crippen molar-refractivity contribution in [2.75, 3.05) is 5.73 Å². The number of benzene rings is 1. The van der Waals surface area contributed by atoms with Crippen LogP contribution in [0, 0.1) is 0 Å². The van der Waals surface area contributed by atoms with Gasteiger partial charge in [0, 0.05) is 12.1 Å². The lowest BCUT2D eigenvalue weighted by atomic mass is 10.1. The van der Waals surface area contributed by atoms with Crippen molar-refractivity contribution in [1.29, 1.82) is 0 Å². The van der Waals surface area contributed by atoms with Crippen molar-refractivity contribution in [1.82, 2.24) is 0 Å². The Labute approximate surface area is 85.8 Å². The van der Waals surface area contributed by atoms with E-state index < -0.39 is 12.6 Å². The molecular formula is C10H11F2NO2. The van der Waals surface area contributed by atoms with Gasteiger partial charge < -0.3 is 10.5 Å². The molecule has 3 nitrogen and oxygen atoms in total. The molecule has 0 saturated heterocycles. The Morgan fingerprint density at radius 3 is 2.80 bits per heavy atom. The second-order valence-corrected chi connectivity index (χ2v) is 3.00. The molecule has 1 aromatic carbocycles. The normalized spacial score (nSPS) is 10.3. The molecule has 1 aromatic rings. The molecule has 0 fully saturated rings. The molecule has 0 heterocycles. The number of nitrogens with two attached hydrogens (primary N) is 1. The number of hydrogen-bond acceptors (Lipinski definition) is 3. The van der Waals surface area contributed by atoms with Crippen molar-refractivity contribution in [2.24, 2.45) is 0 Å². The predicted octanol–water partition coefficient (Wildman–Crippen LogP) is 1.97. The van der Waals surface area contributed by atoms with Gasteiger partial charge >= 0.3 is 12.6 Å². The maximum Gasteiger partial charge on any atom is 0.389 e. The van der Waals surface area contributed by atoms with E-state index in [0.29, 0.717) is 12.1 Å². The minimum absolute atomic E-state index is 0.0756. The highest BCUT2D eigenvalue weighted by Crippen LogP contribution is 2.09. The van der Waals surface area contributed by atoms with Crippen LogP contribution in [0.1, 0.15) is 12.0 Å². The number of carbonyl (C=O) groups is 1. The smallest absolute Gasteiger partial charge is 0.389 e. The summed E-state index contributed by atoms with van der Waals surface area (Å²) in [5.41, 5.74) is 6.91. The van der Waals surface area contributed by atoms with Gasteiger partial charge in [0.2, 0.25) is 0 Å². The fraction of sp³-hybridized carbons (Fsp3) is 0.300. The highest BCUT2D eigenvalue weighted by molar-refractivity contribution is 5.69. The summed E-state index contributed by atoms with van der Waals surface area (Å²) in [6, 6.07) is 6.91. The predicted molar refractivity (Wildman–Crippen MR) is 51.3 cm³/mol. The fourth-order valence-electron chi connectivity index (χ4n) is 1.15. The van der Waals surface area contributed by atoms with Crippen LogP contribution in [0.2, 0.25) is 0 Å². The fourth-order valence-corrected chi connectivity index (χ4v) is 1.15. The molecule has 0 aromatic heterocycles. The molecule has 0 amide bonds. The van der Waals surface area contributed by atoms with E-state index in [1.165, 1.54) is 0 Å². The third-order valence-corrected chi connectivity index (χ3v) is 1.79. The number of halogens is 2. The molecule has 5 heteroatoms. The van der Waals surface area contributed by atoms with Crippen molar-refractivity contribution in [3.8, 4) is 0 Å². The van der Waals surface area contributed by atoms with Gasteiger partial charge in [0.05, 0.1) is 0 Å². The molecular weight excluding hydrogens is 204 g/mol. The van der Waals surface area contributed by atoms with Crippen LogP contribution in [0.25, 0.3) is 0 Å². The molecule has 82 valence electrons. The quantitative estimate of drug-likeness (QED) is 0.617. The van der Waals surface area contributed by atoms with Gasteiger partial charge in [-0.25, -0.2) is 0 Å². The van der Waals surface area contributed by atoms with Crippen molar-refractivity contribution in [3.05, 3.63) is 29.8 Å². The lowest BCUT2D eigenvalue weighted by Gasteiger charge is -2.03. The topological polar surface area (TPSA) is 52.3 Å². The maximum absolute atomic E-state index is 11.6. The zero-order chi connectivity index (χ0) is 11.3. The largest absolute Gasteiger partial charge is 0.403 e. The highest BCUT2D eigenvalue weighted by Gasteiger charge is 2.10. The van der Waals surface area contributed by atoms with E-state index in [4.69, 9.17) is 5.73 Å². The Kier molecular flexibility index (Phi) is 4.03. The second-order valence-electron chi connectivity index (χ2n) is 3.00. The monoisotopic (exact) mass is 215 g/mol. The van der Waals surface area contributed by atoms with Crippen LogP contribution in [0.3, 0.4) is 0 Å². The summed E-state index contributed by atoms with van der Waals surface area (Å²) in [4.78, 5) is 10.8. The SMILES string of the molecule is Nc1cccc(CCC(=O)OC(F)F)c1. The highest BCUT2D eigenvalue weighted by atomic mass is 19.3. The van der Waals surface area contributed by atoms with Crippen molar-refractivity contribution >= 4 is 11.7 Å². The summed E-state index contributed by atoms with van der Waals surface area (Å²) in [7, 11) is 0. The van der Waals surface area contributed by atoms with Gasteiger partial charge in [0.15, 0.2) is 0 Å². The molecule has 0 aliphatic carbocycles. The van der Waals surface area contributed by atoms with Crippen molar-refractivity contribution < 1.29 is 18.3 Å². The molecule has 0 aliphatic rings. The summed E-state index contributed by atoms with van der Waals surface area (Å²) in [5.74, 6) is -0.910. The van der Waals surface area contributed by atoms with Crippen molar-refractivity contribution in [3.63, 3.8) is 0 Å². The number of ether oxygens (including phenoxy) is 1. The Morgan fingerprint density at radius 2 is 2.20 bits per heavy atom. The third kappa shape index (κ3) is 4.39. The van der Waals surface area contributed by atoms with E-state index in [-0.39, 0.29) is 6.42 Å². The van der Waals surface area contributed by atoms with E-state index in [0.717, 1.165) is 5.56 Å². The van der Waals surface area contributed by atoms with Crippen LogP contribution < -0.4 is 5.73 Å². The first-order chi connectivity index (χ1) is 7.08. The first-order valence-electron chi connectivity index (χ1n) is 4.40. The Hall–Kier alpha value is -1.65. The first-order valence-corrected chi connectivity index (χ1v) is 4.40. The Bertz CT molecular complexity index is 342. The lowest BCUT2D eigenvalue weighted by Crippen LogP contribution is -2.10. The molecule has 0 saturated carbocycles. The molecule has 0 atom stereocenters. The summed E-state index contributed by atoms with van der Waals surface area (Å²) < 4.78 is 26.9. The zero-order valence-electron chi connectivity index (χ0n) is 7.95. The number of carbonyl (C=O) groups excluding carboxylic acids is 1. The van der Waals surface area contributed by atoms with E-state index in [1.54, 1.807) is 24.3 Å².